The third kappa shape index (κ3) is 5.14. The Bertz CT molecular complexity index is 1000. The zero-order valence-electron chi connectivity index (χ0n) is 21.0. The molecule has 2 heterocycles. The van der Waals surface area contributed by atoms with Gasteiger partial charge in [-0.05, 0) is 56.4 Å². The molecule has 2 fully saturated rings. The predicted molar refractivity (Wildman–Crippen MR) is 136 cm³/mol. The number of carbonyl (C=O) groups excluding carboxylic acids is 1. The first-order valence-electron chi connectivity index (χ1n) is 12.5. The molecule has 1 aromatic heterocycles. The van der Waals surface area contributed by atoms with Crippen LogP contribution in [0.15, 0.2) is 24.3 Å². The Morgan fingerprint density at radius 1 is 1.18 bits per heavy atom. The van der Waals surface area contributed by atoms with Crippen LogP contribution < -0.4 is 15.4 Å². The standard InChI is InChI=1S/C27H38N4O3/c1-5-15-34-22-10-8-20(9-11-22)24-19(3)25(28)27(29-26(24)21-6-7-21)30-13-14-31(18(2)17-30)23(32)12-16-33-4/h8-11,18,21H,5-7,12-17,28H2,1-4H3/t18-/m1/s1. The van der Waals surface area contributed by atoms with E-state index in [1.54, 1.807) is 7.11 Å². The highest BCUT2D eigenvalue weighted by Gasteiger charge is 2.33. The SMILES string of the molecule is CCCOc1ccc(-c2c(C3CC3)nc(N3CCN(C(=O)CCOC)[C@H](C)C3)c(N)c2C)cc1. The van der Waals surface area contributed by atoms with Gasteiger partial charge in [0.15, 0.2) is 5.82 Å². The minimum atomic E-state index is 0.0966. The summed E-state index contributed by atoms with van der Waals surface area (Å²) in [6, 6.07) is 8.40. The molecule has 2 aromatic rings. The van der Waals surface area contributed by atoms with Gasteiger partial charge in [-0.15, -0.1) is 0 Å². The highest BCUT2D eigenvalue weighted by molar-refractivity contribution is 5.82. The quantitative estimate of drug-likeness (QED) is 0.591. The zero-order chi connectivity index (χ0) is 24.2. The Morgan fingerprint density at radius 2 is 1.91 bits per heavy atom. The maximum Gasteiger partial charge on any atom is 0.225 e. The number of pyridine rings is 1. The number of hydrogen-bond acceptors (Lipinski definition) is 6. The van der Waals surface area contributed by atoms with Crippen molar-refractivity contribution in [3.63, 3.8) is 0 Å². The molecule has 7 nitrogen and oxygen atoms in total. The van der Waals surface area contributed by atoms with Crippen LogP contribution in [0.5, 0.6) is 5.75 Å². The van der Waals surface area contributed by atoms with Crippen molar-refractivity contribution in [1.29, 1.82) is 0 Å². The molecule has 34 heavy (non-hydrogen) atoms. The van der Waals surface area contributed by atoms with E-state index in [1.165, 1.54) is 12.8 Å². The van der Waals surface area contributed by atoms with Gasteiger partial charge < -0.3 is 25.0 Å². The van der Waals surface area contributed by atoms with Crippen molar-refractivity contribution in [2.45, 2.75) is 58.4 Å². The summed E-state index contributed by atoms with van der Waals surface area (Å²) in [7, 11) is 1.63. The van der Waals surface area contributed by atoms with Crippen molar-refractivity contribution in [2.24, 2.45) is 0 Å². The van der Waals surface area contributed by atoms with Crippen molar-refractivity contribution < 1.29 is 14.3 Å². The number of amides is 1. The van der Waals surface area contributed by atoms with Crippen molar-refractivity contribution in [3.05, 3.63) is 35.5 Å². The lowest BCUT2D eigenvalue weighted by Crippen LogP contribution is -2.54. The molecule has 1 atom stereocenters. The van der Waals surface area contributed by atoms with Gasteiger partial charge in [-0.3, -0.25) is 4.79 Å². The lowest BCUT2D eigenvalue weighted by Gasteiger charge is -2.41. The largest absolute Gasteiger partial charge is 0.494 e. The van der Waals surface area contributed by atoms with Crippen LogP contribution in [0, 0.1) is 6.92 Å². The highest BCUT2D eigenvalue weighted by atomic mass is 16.5. The van der Waals surface area contributed by atoms with E-state index in [9.17, 15) is 4.79 Å². The minimum Gasteiger partial charge on any atom is -0.494 e. The Balaban J connectivity index is 1.59. The molecule has 1 aliphatic carbocycles. The van der Waals surface area contributed by atoms with Gasteiger partial charge in [-0.25, -0.2) is 4.98 Å². The summed E-state index contributed by atoms with van der Waals surface area (Å²) in [6.45, 7) is 9.61. The van der Waals surface area contributed by atoms with E-state index in [1.807, 2.05) is 17.0 Å². The second-order valence-corrected chi connectivity index (χ2v) is 9.51. The number of nitrogens with zero attached hydrogens (tertiary/aromatic N) is 3. The fourth-order valence-corrected chi connectivity index (χ4v) is 4.77. The molecule has 1 aliphatic heterocycles. The Morgan fingerprint density at radius 3 is 2.53 bits per heavy atom. The smallest absolute Gasteiger partial charge is 0.225 e. The molecule has 0 bridgehead atoms. The zero-order valence-corrected chi connectivity index (χ0v) is 21.0. The van der Waals surface area contributed by atoms with Crippen LogP contribution in [0.4, 0.5) is 11.5 Å². The molecule has 184 valence electrons. The number of piperazine rings is 1. The van der Waals surface area contributed by atoms with Crippen LogP contribution in [0.25, 0.3) is 11.1 Å². The van der Waals surface area contributed by atoms with Gasteiger partial charge in [0.25, 0.3) is 0 Å². The molecule has 1 saturated carbocycles. The number of hydrogen-bond donors (Lipinski definition) is 1. The summed E-state index contributed by atoms with van der Waals surface area (Å²) in [5.41, 5.74) is 12.0. The lowest BCUT2D eigenvalue weighted by molar-refractivity contribution is -0.134. The van der Waals surface area contributed by atoms with Crippen molar-refractivity contribution in [1.82, 2.24) is 9.88 Å². The van der Waals surface area contributed by atoms with E-state index >= 15 is 0 Å². The third-order valence-corrected chi connectivity index (χ3v) is 6.85. The number of nitrogens with two attached hydrogens (primary N) is 1. The Labute approximate surface area is 203 Å². The van der Waals surface area contributed by atoms with E-state index in [2.05, 4.69) is 37.8 Å². The van der Waals surface area contributed by atoms with Gasteiger partial charge >= 0.3 is 0 Å². The van der Waals surface area contributed by atoms with Gasteiger partial charge in [0.1, 0.15) is 5.75 Å². The van der Waals surface area contributed by atoms with Gasteiger partial charge in [-0.2, -0.15) is 0 Å². The van der Waals surface area contributed by atoms with Gasteiger partial charge in [-0.1, -0.05) is 19.1 Å². The molecule has 1 saturated heterocycles. The maximum absolute atomic E-state index is 12.5. The first kappa shape index (κ1) is 24.3. The van der Waals surface area contributed by atoms with Crippen LogP contribution in [0.1, 0.15) is 56.7 Å². The molecular formula is C27H38N4O3. The van der Waals surface area contributed by atoms with Crippen LogP contribution >= 0.6 is 0 Å². The minimum absolute atomic E-state index is 0.0966. The van der Waals surface area contributed by atoms with E-state index in [0.717, 1.165) is 65.8 Å². The second kappa shape index (κ2) is 10.6. The Kier molecular flexibility index (Phi) is 7.61. The molecule has 0 spiro atoms. The second-order valence-electron chi connectivity index (χ2n) is 9.51. The molecule has 4 rings (SSSR count). The van der Waals surface area contributed by atoms with E-state index < -0.39 is 0 Å². The average Bonchev–Trinajstić information content (AvgIpc) is 3.68. The fraction of sp³-hybridized carbons (Fsp3) is 0.556. The molecule has 1 amide bonds. The molecule has 0 unspecified atom stereocenters. The summed E-state index contributed by atoms with van der Waals surface area (Å²) in [6.07, 6.45) is 3.74. The van der Waals surface area contributed by atoms with E-state index in [-0.39, 0.29) is 11.9 Å². The van der Waals surface area contributed by atoms with Crippen molar-refractivity contribution in [3.8, 4) is 16.9 Å². The molecule has 7 heteroatoms. The summed E-state index contributed by atoms with van der Waals surface area (Å²) in [4.78, 5) is 21.9. The first-order valence-corrected chi connectivity index (χ1v) is 12.5. The summed E-state index contributed by atoms with van der Waals surface area (Å²) in [5, 5.41) is 0. The van der Waals surface area contributed by atoms with E-state index in [4.69, 9.17) is 20.2 Å². The van der Waals surface area contributed by atoms with Gasteiger partial charge in [0.05, 0.1) is 31.0 Å². The number of methoxy groups -OCH3 is 1. The van der Waals surface area contributed by atoms with Crippen LogP contribution in [-0.2, 0) is 9.53 Å². The number of benzene rings is 1. The monoisotopic (exact) mass is 466 g/mol. The van der Waals surface area contributed by atoms with Crippen LogP contribution in [0.3, 0.4) is 0 Å². The van der Waals surface area contributed by atoms with Gasteiger partial charge in [0, 0.05) is 44.3 Å². The first-order chi connectivity index (χ1) is 16.4. The van der Waals surface area contributed by atoms with Crippen LogP contribution in [0.2, 0.25) is 0 Å². The molecule has 0 radical (unpaired) electrons. The summed E-state index contributed by atoms with van der Waals surface area (Å²) >= 11 is 0. The normalized spacial score (nSPS) is 18.3. The number of aromatic nitrogens is 1. The number of anilines is 2. The number of ether oxygens (including phenoxy) is 2. The molecular weight excluding hydrogens is 428 g/mol. The number of rotatable bonds is 9. The molecule has 1 aromatic carbocycles. The van der Waals surface area contributed by atoms with Gasteiger partial charge in [0.2, 0.25) is 5.91 Å². The maximum atomic E-state index is 12.5. The number of carbonyl (C=O) groups is 1. The topological polar surface area (TPSA) is 80.9 Å². The predicted octanol–water partition coefficient (Wildman–Crippen LogP) is 4.38. The van der Waals surface area contributed by atoms with Crippen LogP contribution in [-0.4, -0.2) is 61.8 Å². The summed E-state index contributed by atoms with van der Waals surface area (Å²) < 4.78 is 10.8. The van der Waals surface area contributed by atoms with Crippen molar-refractivity contribution >= 4 is 17.4 Å². The highest BCUT2D eigenvalue weighted by Crippen LogP contribution is 2.47. The Hall–Kier alpha value is -2.80. The summed E-state index contributed by atoms with van der Waals surface area (Å²) in [5.74, 6) is 2.38. The average molecular weight is 467 g/mol. The third-order valence-electron chi connectivity index (χ3n) is 6.85. The van der Waals surface area contributed by atoms with Crippen molar-refractivity contribution in [2.75, 3.05) is 50.6 Å². The fourth-order valence-electron chi connectivity index (χ4n) is 4.77. The lowest BCUT2D eigenvalue weighted by atomic mass is 9.95. The molecule has 2 aliphatic rings. The molecule has 2 N–H and O–H groups in total. The van der Waals surface area contributed by atoms with E-state index in [0.29, 0.717) is 25.5 Å². The number of nitrogen functional groups attached to an aromatic ring is 1.